The van der Waals surface area contributed by atoms with E-state index in [0.717, 1.165) is 6.42 Å². The van der Waals surface area contributed by atoms with Crippen molar-refractivity contribution in [3.8, 4) is 0 Å². The van der Waals surface area contributed by atoms with Crippen molar-refractivity contribution in [2.45, 2.75) is 12.8 Å². The molecule has 3 nitrogen and oxygen atoms in total. The van der Waals surface area contributed by atoms with E-state index in [1.165, 1.54) is 0 Å². The van der Waals surface area contributed by atoms with E-state index in [9.17, 15) is 9.59 Å². The van der Waals surface area contributed by atoms with Gasteiger partial charge in [-0.25, -0.2) is 4.99 Å². The number of hydrogen-bond acceptors (Lipinski definition) is 3. The van der Waals surface area contributed by atoms with Crippen LogP contribution >= 0.6 is 0 Å². The van der Waals surface area contributed by atoms with Crippen molar-refractivity contribution in [2.75, 3.05) is 0 Å². The quantitative estimate of drug-likeness (QED) is 0.520. The summed E-state index contributed by atoms with van der Waals surface area (Å²) >= 11 is 0. The molecule has 1 rings (SSSR count). The summed E-state index contributed by atoms with van der Waals surface area (Å²) in [5, 5.41) is 0. The van der Waals surface area contributed by atoms with Gasteiger partial charge >= 0.3 is 0 Å². The summed E-state index contributed by atoms with van der Waals surface area (Å²) in [6.45, 7) is 0. The van der Waals surface area contributed by atoms with Gasteiger partial charge in [0.25, 0.3) is 0 Å². The molecule has 0 saturated heterocycles. The minimum Gasteiger partial charge on any atom is -0.297 e. The van der Waals surface area contributed by atoms with Crippen LogP contribution in [0.25, 0.3) is 0 Å². The number of aliphatic imine (C=N–C) groups is 1. The van der Waals surface area contributed by atoms with Crippen LogP contribution in [0.2, 0.25) is 0 Å². The zero-order valence-electron chi connectivity index (χ0n) is 5.41. The Morgan fingerprint density at radius 2 is 2.20 bits per heavy atom. The lowest BCUT2D eigenvalue weighted by Crippen LogP contribution is -2.04. The molecular weight excluding hydrogens is 130 g/mol. The lowest BCUT2D eigenvalue weighted by Gasteiger charge is -2.01. The van der Waals surface area contributed by atoms with E-state index in [-0.39, 0.29) is 0 Å². The number of aldehydes is 2. The number of carbonyl (C=O) groups is 2. The zero-order chi connectivity index (χ0) is 7.40. The topological polar surface area (TPSA) is 46.5 Å². The molecule has 0 spiro atoms. The Morgan fingerprint density at radius 3 is 2.80 bits per heavy atom. The smallest absolute Gasteiger partial charge is 0.168 e. The fraction of sp³-hybridized carbons (Fsp3) is 0.286. The molecule has 1 heterocycles. The molecule has 0 radical (unpaired) electrons. The first-order valence-electron chi connectivity index (χ1n) is 3.05. The van der Waals surface area contributed by atoms with E-state index >= 15 is 0 Å². The average Bonchev–Trinajstić information content (AvgIpc) is 2.05. The van der Waals surface area contributed by atoms with Crippen LogP contribution in [0.5, 0.6) is 0 Å². The number of rotatable bonds is 2. The van der Waals surface area contributed by atoms with Crippen molar-refractivity contribution in [1.82, 2.24) is 0 Å². The maximum Gasteiger partial charge on any atom is 0.168 e. The summed E-state index contributed by atoms with van der Waals surface area (Å²) in [5.41, 5.74) is 0.831. The Hall–Kier alpha value is -1.25. The molecule has 1 aliphatic rings. The number of nitrogens with zero attached hydrogens (tertiary/aromatic N) is 1. The molecule has 0 unspecified atom stereocenters. The van der Waals surface area contributed by atoms with Crippen molar-refractivity contribution in [2.24, 2.45) is 4.99 Å². The second-order valence-corrected chi connectivity index (χ2v) is 2.01. The van der Waals surface area contributed by atoms with Crippen LogP contribution in [-0.4, -0.2) is 18.3 Å². The monoisotopic (exact) mass is 137 g/mol. The SMILES string of the molecule is O=CC1=CCCC(C=O)=N1. The largest absolute Gasteiger partial charge is 0.297 e. The van der Waals surface area contributed by atoms with Crippen molar-refractivity contribution < 1.29 is 9.59 Å². The normalized spacial score (nSPS) is 17.2. The van der Waals surface area contributed by atoms with Gasteiger partial charge in [-0.15, -0.1) is 0 Å². The molecule has 0 atom stereocenters. The molecule has 0 saturated carbocycles. The molecule has 10 heavy (non-hydrogen) atoms. The van der Waals surface area contributed by atoms with Crippen LogP contribution in [0.4, 0.5) is 0 Å². The molecule has 0 fully saturated rings. The van der Waals surface area contributed by atoms with Crippen LogP contribution in [-0.2, 0) is 9.59 Å². The maximum absolute atomic E-state index is 10.1. The summed E-state index contributed by atoms with van der Waals surface area (Å²) in [6, 6.07) is 0. The number of carbonyl (C=O) groups excluding carboxylic acids is 2. The average molecular weight is 137 g/mol. The number of hydrogen-bond donors (Lipinski definition) is 0. The van der Waals surface area contributed by atoms with Gasteiger partial charge in [0.2, 0.25) is 0 Å². The Kier molecular flexibility index (Phi) is 2.10. The van der Waals surface area contributed by atoms with E-state index < -0.39 is 0 Å². The first-order chi connectivity index (χ1) is 4.86. The van der Waals surface area contributed by atoms with E-state index in [1.807, 2.05) is 0 Å². The van der Waals surface area contributed by atoms with Crippen molar-refractivity contribution in [3.63, 3.8) is 0 Å². The van der Waals surface area contributed by atoms with E-state index in [1.54, 1.807) is 6.08 Å². The van der Waals surface area contributed by atoms with E-state index in [4.69, 9.17) is 0 Å². The molecule has 3 heteroatoms. The molecule has 52 valence electrons. The second-order valence-electron chi connectivity index (χ2n) is 2.01. The zero-order valence-corrected chi connectivity index (χ0v) is 5.41. The van der Waals surface area contributed by atoms with Gasteiger partial charge in [0.15, 0.2) is 12.6 Å². The summed E-state index contributed by atoms with van der Waals surface area (Å²) < 4.78 is 0. The highest BCUT2D eigenvalue weighted by atomic mass is 16.1. The third-order valence-electron chi connectivity index (χ3n) is 1.28. The van der Waals surface area contributed by atoms with Crippen LogP contribution < -0.4 is 0 Å². The van der Waals surface area contributed by atoms with Gasteiger partial charge in [0.05, 0.1) is 11.4 Å². The van der Waals surface area contributed by atoms with Gasteiger partial charge in [0, 0.05) is 0 Å². The summed E-state index contributed by atoms with van der Waals surface area (Å²) in [7, 11) is 0. The predicted octanol–water partition coefficient (Wildman–Crippen LogP) is 0.503. The third-order valence-corrected chi connectivity index (χ3v) is 1.28. The molecular formula is C7H7NO2. The van der Waals surface area contributed by atoms with Gasteiger partial charge in [-0.1, -0.05) is 6.08 Å². The highest BCUT2D eigenvalue weighted by Crippen LogP contribution is 2.06. The molecule has 1 aliphatic heterocycles. The molecule has 0 amide bonds. The third kappa shape index (κ3) is 1.37. The molecule has 0 aliphatic carbocycles. The lowest BCUT2D eigenvalue weighted by molar-refractivity contribution is -0.105. The summed E-state index contributed by atoms with van der Waals surface area (Å²) in [6.07, 6.45) is 4.46. The van der Waals surface area contributed by atoms with Gasteiger partial charge < -0.3 is 0 Å². The molecule has 0 aromatic heterocycles. The molecule has 0 N–H and O–H groups in total. The fourth-order valence-electron chi connectivity index (χ4n) is 0.795. The van der Waals surface area contributed by atoms with Crippen molar-refractivity contribution in [3.05, 3.63) is 11.8 Å². The molecule has 0 aromatic carbocycles. The van der Waals surface area contributed by atoms with Crippen molar-refractivity contribution in [1.29, 1.82) is 0 Å². The van der Waals surface area contributed by atoms with Gasteiger partial charge in [-0.05, 0) is 12.8 Å². The van der Waals surface area contributed by atoms with Gasteiger partial charge in [-0.3, -0.25) is 9.59 Å². The highest BCUT2D eigenvalue weighted by Gasteiger charge is 2.03. The first kappa shape index (κ1) is 6.86. The van der Waals surface area contributed by atoms with Crippen LogP contribution in [0.15, 0.2) is 16.8 Å². The first-order valence-corrected chi connectivity index (χ1v) is 3.05. The van der Waals surface area contributed by atoms with Gasteiger partial charge in [-0.2, -0.15) is 0 Å². The Morgan fingerprint density at radius 1 is 1.40 bits per heavy atom. The highest BCUT2D eigenvalue weighted by molar-refractivity contribution is 6.29. The Bertz CT molecular complexity index is 216. The lowest BCUT2D eigenvalue weighted by atomic mass is 10.1. The predicted molar refractivity (Wildman–Crippen MR) is 36.9 cm³/mol. The van der Waals surface area contributed by atoms with Crippen LogP contribution in [0, 0.1) is 0 Å². The minimum atomic E-state index is 0.369. The van der Waals surface area contributed by atoms with Crippen LogP contribution in [0.3, 0.4) is 0 Å². The van der Waals surface area contributed by atoms with Crippen molar-refractivity contribution >= 4 is 18.3 Å². The minimum absolute atomic E-state index is 0.369. The van der Waals surface area contributed by atoms with Crippen LogP contribution in [0.1, 0.15) is 12.8 Å². The maximum atomic E-state index is 10.1. The van der Waals surface area contributed by atoms with Gasteiger partial charge in [0.1, 0.15) is 0 Å². The standard InChI is InChI=1S/C7H7NO2/c9-4-6-2-1-3-7(5-10)8-6/h2,4-5H,1,3H2. The Labute approximate surface area is 58.5 Å². The fourth-order valence-corrected chi connectivity index (χ4v) is 0.795. The number of allylic oxidation sites excluding steroid dienone is 2. The summed E-state index contributed by atoms with van der Waals surface area (Å²) in [5.74, 6) is 0. The van der Waals surface area contributed by atoms with E-state index in [2.05, 4.69) is 4.99 Å². The Balaban J connectivity index is 2.79. The second kappa shape index (κ2) is 3.06. The summed E-state index contributed by atoms with van der Waals surface area (Å²) in [4.78, 5) is 24.0. The van der Waals surface area contributed by atoms with E-state index in [0.29, 0.717) is 30.4 Å². The molecule has 0 bridgehead atoms. The molecule has 0 aromatic rings.